The van der Waals surface area contributed by atoms with Crippen molar-refractivity contribution >= 4 is 17.4 Å². The van der Waals surface area contributed by atoms with E-state index in [1.54, 1.807) is 11.8 Å². The third kappa shape index (κ3) is 2.64. The molecule has 0 saturated carbocycles. The van der Waals surface area contributed by atoms with E-state index in [1.807, 2.05) is 12.3 Å². The molecule has 0 aromatic heterocycles. The van der Waals surface area contributed by atoms with E-state index in [0.29, 0.717) is 5.41 Å². The number of hydrogen-bond donors (Lipinski definition) is 0. The van der Waals surface area contributed by atoms with Gasteiger partial charge in [-0.25, -0.2) is 0 Å². The summed E-state index contributed by atoms with van der Waals surface area (Å²) in [5.74, 6) is 0. The maximum atomic E-state index is 9.37. The smallest absolute Gasteiger partial charge is 0.103 e. The van der Waals surface area contributed by atoms with Crippen LogP contribution >= 0.6 is 11.8 Å². The van der Waals surface area contributed by atoms with E-state index in [-0.39, 0.29) is 0 Å². The van der Waals surface area contributed by atoms with Crippen LogP contribution in [0.2, 0.25) is 0 Å². The highest BCUT2D eigenvalue weighted by Gasteiger charge is 2.26. The summed E-state index contributed by atoms with van der Waals surface area (Å²) in [5.41, 5.74) is 2.39. The Kier molecular flexibility index (Phi) is 3.87. The minimum absolute atomic E-state index is 0.445. The van der Waals surface area contributed by atoms with Crippen molar-refractivity contribution in [3.05, 3.63) is 23.8 Å². The van der Waals surface area contributed by atoms with Crippen molar-refractivity contribution in [1.29, 1.82) is 5.26 Å². The number of nitriles is 1. The van der Waals surface area contributed by atoms with Crippen LogP contribution in [0.15, 0.2) is 23.1 Å². The summed E-state index contributed by atoms with van der Waals surface area (Å²) in [6.07, 6.45) is 4.42. The van der Waals surface area contributed by atoms with Gasteiger partial charge in [-0.05, 0) is 36.6 Å². The van der Waals surface area contributed by atoms with Gasteiger partial charge in [0.15, 0.2) is 0 Å². The molecular weight excluding hydrogens is 240 g/mol. The minimum Gasteiger partial charge on any atom is -0.370 e. The Balaban J connectivity index is 2.27. The summed E-state index contributed by atoms with van der Waals surface area (Å²) >= 11 is 1.65. The highest BCUT2D eigenvalue weighted by Crippen LogP contribution is 2.35. The van der Waals surface area contributed by atoms with Gasteiger partial charge in [-0.3, -0.25) is 0 Å². The molecule has 1 aliphatic heterocycles. The van der Waals surface area contributed by atoms with Crippen molar-refractivity contribution in [2.24, 2.45) is 5.41 Å². The molecule has 3 heteroatoms. The minimum atomic E-state index is 0.445. The molecule has 2 nitrogen and oxygen atoms in total. The molecule has 1 heterocycles. The van der Waals surface area contributed by atoms with Crippen LogP contribution in [0, 0.1) is 16.7 Å². The van der Waals surface area contributed by atoms with Gasteiger partial charge in [0.1, 0.15) is 6.07 Å². The molecule has 1 fully saturated rings. The molecule has 0 aliphatic carbocycles. The van der Waals surface area contributed by atoms with Crippen LogP contribution in [-0.2, 0) is 0 Å². The van der Waals surface area contributed by atoms with Crippen LogP contribution in [0.4, 0.5) is 5.69 Å². The molecule has 2 rings (SSSR count). The van der Waals surface area contributed by atoms with Crippen molar-refractivity contribution < 1.29 is 0 Å². The zero-order chi connectivity index (χ0) is 13.2. The van der Waals surface area contributed by atoms with E-state index in [4.69, 9.17) is 0 Å². The molecule has 18 heavy (non-hydrogen) atoms. The second-order valence-corrected chi connectivity index (χ2v) is 6.47. The number of rotatable bonds is 2. The lowest BCUT2D eigenvalue weighted by Crippen LogP contribution is -2.37. The first-order valence-corrected chi connectivity index (χ1v) is 7.62. The molecule has 0 atom stereocenters. The molecule has 1 aliphatic rings. The average molecular weight is 260 g/mol. The first-order chi connectivity index (χ1) is 8.57. The Morgan fingerprint density at radius 1 is 1.28 bits per heavy atom. The average Bonchev–Trinajstić information content (AvgIpc) is 2.37. The SMILES string of the molecule is CSc1cccc(N2CCC(C)(C)CC2)c1C#N. The predicted molar refractivity (Wildman–Crippen MR) is 78.2 cm³/mol. The van der Waals surface area contributed by atoms with Crippen LogP contribution in [-0.4, -0.2) is 19.3 Å². The summed E-state index contributed by atoms with van der Waals surface area (Å²) in [5, 5.41) is 9.37. The molecular formula is C15H20N2S. The Hall–Kier alpha value is -1.14. The lowest BCUT2D eigenvalue weighted by Gasteiger charge is -2.38. The van der Waals surface area contributed by atoms with E-state index < -0.39 is 0 Å². The molecule has 0 radical (unpaired) electrons. The van der Waals surface area contributed by atoms with Crippen LogP contribution in [0.3, 0.4) is 0 Å². The largest absolute Gasteiger partial charge is 0.370 e. The number of thioether (sulfide) groups is 1. The van der Waals surface area contributed by atoms with Gasteiger partial charge in [-0.15, -0.1) is 11.8 Å². The molecule has 1 saturated heterocycles. The van der Waals surface area contributed by atoms with Crippen molar-refractivity contribution in [2.75, 3.05) is 24.2 Å². The Bertz CT molecular complexity index is 464. The normalized spacial score (nSPS) is 18.4. The highest BCUT2D eigenvalue weighted by molar-refractivity contribution is 7.98. The zero-order valence-corrected chi connectivity index (χ0v) is 12.2. The van der Waals surface area contributed by atoms with Gasteiger partial charge in [0.05, 0.1) is 11.3 Å². The lowest BCUT2D eigenvalue weighted by atomic mass is 9.82. The third-order valence-corrected chi connectivity index (χ3v) is 4.57. The van der Waals surface area contributed by atoms with E-state index in [0.717, 1.165) is 29.2 Å². The number of piperidine rings is 1. The second-order valence-electron chi connectivity index (χ2n) is 5.62. The molecule has 96 valence electrons. The number of benzene rings is 1. The maximum absolute atomic E-state index is 9.37. The van der Waals surface area contributed by atoms with Gasteiger partial charge in [-0.2, -0.15) is 5.26 Å². The van der Waals surface area contributed by atoms with E-state index in [1.165, 1.54) is 12.8 Å². The lowest BCUT2D eigenvalue weighted by molar-refractivity contribution is 0.280. The zero-order valence-electron chi connectivity index (χ0n) is 11.4. The monoisotopic (exact) mass is 260 g/mol. The highest BCUT2D eigenvalue weighted by atomic mass is 32.2. The second kappa shape index (κ2) is 5.24. The van der Waals surface area contributed by atoms with E-state index >= 15 is 0 Å². The van der Waals surface area contributed by atoms with E-state index in [9.17, 15) is 5.26 Å². The van der Waals surface area contributed by atoms with Crippen LogP contribution in [0.1, 0.15) is 32.3 Å². The number of anilines is 1. The molecule has 0 unspecified atom stereocenters. The van der Waals surface area contributed by atoms with Crippen molar-refractivity contribution in [3.8, 4) is 6.07 Å². The quantitative estimate of drug-likeness (QED) is 0.754. The van der Waals surface area contributed by atoms with Gasteiger partial charge >= 0.3 is 0 Å². The fourth-order valence-corrected chi connectivity index (χ4v) is 2.99. The fraction of sp³-hybridized carbons (Fsp3) is 0.533. The first kappa shape index (κ1) is 13.3. The van der Waals surface area contributed by atoms with Gasteiger partial charge < -0.3 is 4.90 Å². The molecule has 0 bridgehead atoms. The summed E-state index contributed by atoms with van der Waals surface area (Å²) in [6, 6.07) is 8.54. The maximum Gasteiger partial charge on any atom is 0.103 e. The Labute approximate surface area is 114 Å². The van der Waals surface area contributed by atoms with Crippen molar-refractivity contribution in [1.82, 2.24) is 0 Å². The van der Waals surface area contributed by atoms with E-state index in [2.05, 4.69) is 36.9 Å². The van der Waals surface area contributed by atoms with Gasteiger partial charge in [-0.1, -0.05) is 19.9 Å². The standard InChI is InChI=1S/C15H20N2S/c1-15(2)7-9-17(10-8-15)13-5-4-6-14(18-3)12(13)11-16/h4-6H,7-10H2,1-3H3. The molecule has 0 N–H and O–H groups in total. The Morgan fingerprint density at radius 3 is 2.50 bits per heavy atom. The third-order valence-electron chi connectivity index (χ3n) is 3.79. The van der Waals surface area contributed by atoms with Crippen LogP contribution in [0.5, 0.6) is 0 Å². The topological polar surface area (TPSA) is 27.0 Å². The summed E-state index contributed by atoms with van der Waals surface area (Å²) in [7, 11) is 0. The molecule has 1 aromatic carbocycles. The fourth-order valence-electron chi connectivity index (χ4n) is 2.42. The van der Waals surface area contributed by atoms with Crippen molar-refractivity contribution in [3.63, 3.8) is 0 Å². The van der Waals surface area contributed by atoms with Crippen LogP contribution in [0.25, 0.3) is 0 Å². The summed E-state index contributed by atoms with van der Waals surface area (Å²) < 4.78 is 0. The molecule has 0 amide bonds. The number of nitrogens with zero attached hydrogens (tertiary/aromatic N) is 2. The van der Waals surface area contributed by atoms with Gasteiger partial charge in [0, 0.05) is 18.0 Å². The summed E-state index contributed by atoms with van der Waals surface area (Å²) in [6.45, 7) is 6.76. The first-order valence-electron chi connectivity index (χ1n) is 6.39. The number of hydrogen-bond acceptors (Lipinski definition) is 3. The Morgan fingerprint density at radius 2 is 1.94 bits per heavy atom. The van der Waals surface area contributed by atoms with Gasteiger partial charge in [0.25, 0.3) is 0 Å². The van der Waals surface area contributed by atoms with Gasteiger partial charge in [0.2, 0.25) is 0 Å². The molecule has 0 spiro atoms. The van der Waals surface area contributed by atoms with Crippen LogP contribution < -0.4 is 4.90 Å². The predicted octanol–water partition coefficient (Wildman–Crippen LogP) is 3.91. The molecule has 1 aromatic rings. The van der Waals surface area contributed by atoms with Crippen molar-refractivity contribution in [2.45, 2.75) is 31.6 Å². The summed E-state index contributed by atoms with van der Waals surface area (Å²) in [4.78, 5) is 3.45.